The Morgan fingerprint density at radius 1 is 1.24 bits per heavy atom. The molecule has 1 heterocycles. The predicted molar refractivity (Wildman–Crippen MR) is 82.7 cm³/mol. The molecule has 0 radical (unpaired) electrons. The molecule has 110 valence electrons. The zero-order valence-electron chi connectivity index (χ0n) is 11.3. The zero-order chi connectivity index (χ0) is 14.4. The highest BCUT2D eigenvalue weighted by atomic mass is 35.5. The van der Waals surface area contributed by atoms with E-state index in [1.807, 2.05) is 43.6 Å². The van der Waals surface area contributed by atoms with Crippen LogP contribution in [0, 0.1) is 0 Å². The molecule has 5 nitrogen and oxygen atoms in total. The van der Waals surface area contributed by atoms with Crippen LogP contribution in [0.25, 0.3) is 0 Å². The Labute approximate surface area is 134 Å². The summed E-state index contributed by atoms with van der Waals surface area (Å²) < 4.78 is 1.76. The van der Waals surface area contributed by atoms with E-state index in [4.69, 9.17) is 12.2 Å². The molecule has 0 bridgehead atoms. The van der Waals surface area contributed by atoms with Gasteiger partial charge in [-0.25, -0.2) is 0 Å². The van der Waals surface area contributed by atoms with Crippen molar-refractivity contribution in [2.75, 3.05) is 5.32 Å². The molecule has 0 saturated heterocycles. The van der Waals surface area contributed by atoms with Crippen LogP contribution in [0.4, 0.5) is 5.69 Å². The molecule has 1 aromatic carbocycles. The normalized spacial score (nSPS) is 9.95. The molecule has 0 unspecified atom stereocenters. The van der Waals surface area contributed by atoms with Crippen molar-refractivity contribution in [3.63, 3.8) is 0 Å². The Kier molecular flexibility index (Phi) is 6.58. The summed E-state index contributed by atoms with van der Waals surface area (Å²) in [5.74, 6) is 0.155. The average molecular weight is 323 g/mol. The van der Waals surface area contributed by atoms with E-state index in [1.54, 1.807) is 16.7 Å². The maximum absolute atomic E-state index is 9.70. The minimum atomic E-state index is 0. The van der Waals surface area contributed by atoms with E-state index in [1.165, 1.54) is 6.21 Å². The molecule has 0 aliphatic heterocycles. The van der Waals surface area contributed by atoms with Crippen LogP contribution in [-0.4, -0.2) is 16.4 Å². The Morgan fingerprint density at radius 3 is 2.62 bits per heavy atom. The maximum atomic E-state index is 9.70. The van der Waals surface area contributed by atoms with Crippen molar-refractivity contribution in [2.45, 2.75) is 0 Å². The first kappa shape index (κ1) is 16.9. The molecule has 1 aromatic heterocycles. The fourth-order valence-corrected chi connectivity index (χ4v) is 1.77. The third kappa shape index (κ3) is 5.02. The lowest BCUT2D eigenvalue weighted by Crippen LogP contribution is -3.00. The smallest absolute Gasteiger partial charge is 0.267 e. The summed E-state index contributed by atoms with van der Waals surface area (Å²) in [6.45, 7) is 0. The molecule has 0 atom stereocenters. The van der Waals surface area contributed by atoms with Crippen LogP contribution in [0.5, 0.6) is 5.75 Å². The molecular formula is C14H15ClN4OS. The number of aryl methyl sites for hydroxylation is 1. The number of benzene rings is 1. The molecule has 7 heteroatoms. The molecule has 2 rings (SSSR count). The van der Waals surface area contributed by atoms with Gasteiger partial charge in [0.05, 0.1) is 0 Å². The van der Waals surface area contributed by atoms with Crippen molar-refractivity contribution in [1.82, 2.24) is 5.43 Å². The standard InChI is InChI=1S/C14H14N4OS.ClH/c1-18-9-5-8-13(19)12(18)10-15-17-14(20)16-11-6-3-2-4-7-11;/h2-10H,1H3,(H2,16,19,20);1H. The highest BCUT2D eigenvalue weighted by molar-refractivity contribution is 7.80. The number of halogens is 1. The number of aromatic hydroxyl groups is 1. The SMILES string of the molecule is C[n+]1cccc(O)c1C=NNC(=S)Nc1ccccc1.[Cl-]. The molecule has 0 amide bonds. The van der Waals surface area contributed by atoms with Crippen LogP contribution in [0.15, 0.2) is 53.8 Å². The lowest BCUT2D eigenvalue weighted by Gasteiger charge is -2.05. The third-order valence-corrected chi connectivity index (χ3v) is 2.78. The van der Waals surface area contributed by atoms with Crippen molar-refractivity contribution < 1.29 is 22.1 Å². The van der Waals surface area contributed by atoms with Crippen LogP contribution < -0.4 is 27.7 Å². The fourth-order valence-electron chi connectivity index (χ4n) is 1.60. The van der Waals surface area contributed by atoms with Gasteiger partial charge in [-0.3, -0.25) is 5.43 Å². The number of para-hydroxylation sites is 1. The number of hydrogen-bond acceptors (Lipinski definition) is 3. The zero-order valence-corrected chi connectivity index (χ0v) is 12.9. The van der Waals surface area contributed by atoms with Gasteiger partial charge in [0.1, 0.15) is 13.3 Å². The number of rotatable bonds is 3. The number of aromatic nitrogens is 1. The van der Waals surface area contributed by atoms with Crippen molar-refractivity contribution in [2.24, 2.45) is 12.1 Å². The van der Waals surface area contributed by atoms with E-state index in [0.717, 1.165) is 5.69 Å². The van der Waals surface area contributed by atoms with Crippen molar-refractivity contribution in [1.29, 1.82) is 0 Å². The van der Waals surface area contributed by atoms with E-state index >= 15 is 0 Å². The van der Waals surface area contributed by atoms with Crippen molar-refractivity contribution >= 4 is 29.2 Å². The average Bonchev–Trinajstić information content (AvgIpc) is 2.43. The molecule has 0 aliphatic rings. The molecule has 2 aromatic rings. The number of nitrogens with one attached hydrogen (secondary N) is 2. The van der Waals surface area contributed by atoms with Gasteiger partial charge in [0, 0.05) is 11.8 Å². The molecule has 0 spiro atoms. The molecule has 0 saturated carbocycles. The van der Waals surface area contributed by atoms with Gasteiger partial charge >= 0.3 is 0 Å². The summed E-state index contributed by atoms with van der Waals surface area (Å²) >= 11 is 5.11. The van der Waals surface area contributed by atoms with Crippen molar-refractivity contribution in [3.05, 3.63) is 54.4 Å². The van der Waals surface area contributed by atoms with E-state index in [2.05, 4.69) is 15.8 Å². The minimum Gasteiger partial charge on any atom is -1.00 e. The summed E-state index contributed by atoms with van der Waals surface area (Å²) in [7, 11) is 1.82. The highest BCUT2D eigenvalue weighted by Gasteiger charge is 2.08. The minimum absolute atomic E-state index is 0. The fraction of sp³-hybridized carbons (Fsp3) is 0.0714. The highest BCUT2D eigenvalue weighted by Crippen LogP contribution is 2.08. The Balaban J connectivity index is 0.00000220. The maximum Gasteiger partial charge on any atom is 0.267 e. The topological polar surface area (TPSA) is 60.5 Å². The first-order valence-corrected chi connectivity index (χ1v) is 6.40. The second-order valence-electron chi connectivity index (χ2n) is 4.08. The largest absolute Gasteiger partial charge is 1.00 e. The van der Waals surface area contributed by atoms with Crippen LogP contribution in [0.1, 0.15) is 5.69 Å². The summed E-state index contributed by atoms with van der Waals surface area (Å²) in [6.07, 6.45) is 3.33. The first-order valence-electron chi connectivity index (χ1n) is 5.99. The Hall–Kier alpha value is -2.18. The summed E-state index contributed by atoms with van der Waals surface area (Å²) in [6, 6.07) is 12.9. The van der Waals surface area contributed by atoms with Crippen LogP contribution >= 0.6 is 12.2 Å². The van der Waals surface area contributed by atoms with E-state index in [-0.39, 0.29) is 18.2 Å². The Bertz CT molecular complexity index is 614. The molecule has 3 N–H and O–H groups in total. The van der Waals surface area contributed by atoms with Gasteiger partial charge in [0.15, 0.2) is 17.1 Å². The quantitative estimate of drug-likeness (QED) is 0.280. The second-order valence-corrected chi connectivity index (χ2v) is 4.49. The van der Waals surface area contributed by atoms with Crippen LogP contribution in [0.3, 0.4) is 0 Å². The molecule has 0 aliphatic carbocycles. The summed E-state index contributed by atoms with van der Waals surface area (Å²) in [5.41, 5.74) is 4.17. The van der Waals surface area contributed by atoms with E-state index < -0.39 is 0 Å². The summed E-state index contributed by atoms with van der Waals surface area (Å²) in [5, 5.41) is 17.1. The predicted octanol–water partition coefficient (Wildman–Crippen LogP) is -1.46. The van der Waals surface area contributed by atoms with Gasteiger partial charge < -0.3 is 22.8 Å². The number of nitrogens with zero attached hydrogens (tertiary/aromatic N) is 2. The third-order valence-electron chi connectivity index (χ3n) is 2.59. The lowest BCUT2D eigenvalue weighted by molar-refractivity contribution is -0.672. The number of hydrazone groups is 1. The van der Waals surface area contributed by atoms with E-state index in [0.29, 0.717) is 10.8 Å². The Morgan fingerprint density at radius 2 is 1.95 bits per heavy atom. The monoisotopic (exact) mass is 322 g/mol. The second kappa shape index (κ2) is 8.18. The van der Waals surface area contributed by atoms with Crippen molar-refractivity contribution in [3.8, 4) is 5.75 Å². The van der Waals surface area contributed by atoms with Crippen LogP contribution in [-0.2, 0) is 7.05 Å². The lowest BCUT2D eigenvalue weighted by atomic mass is 10.3. The molecule has 0 fully saturated rings. The summed E-state index contributed by atoms with van der Waals surface area (Å²) in [4.78, 5) is 0. The number of thiocarbonyl (C=S) groups is 1. The van der Waals surface area contributed by atoms with Gasteiger partial charge in [-0.05, 0) is 30.4 Å². The number of hydrogen-bond donors (Lipinski definition) is 3. The first-order chi connectivity index (χ1) is 9.66. The molecular weight excluding hydrogens is 308 g/mol. The van der Waals surface area contributed by atoms with Gasteiger partial charge in [0.2, 0.25) is 0 Å². The van der Waals surface area contributed by atoms with Gasteiger partial charge in [-0.2, -0.15) is 9.67 Å². The van der Waals surface area contributed by atoms with Crippen LogP contribution in [0.2, 0.25) is 0 Å². The number of pyridine rings is 1. The van der Waals surface area contributed by atoms with Gasteiger partial charge in [0.25, 0.3) is 5.69 Å². The van der Waals surface area contributed by atoms with E-state index in [9.17, 15) is 5.11 Å². The van der Waals surface area contributed by atoms with Gasteiger partial charge in [-0.15, -0.1) is 0 Å². The molecule has 21 heavy (non-hydrogen) atoms. The number of anilines is 1. The van der Waals surface area contributed by atoms with Gasteiger partial charge in [-0.1, -0.05) is 18.2 Å².